The Hall–Kier alpha value is -3.07. The first-order valence-corrected chi connectivity index (χ1v) is 11.8. The van der Waals surface area contributed by atoms with Gasteiger partial charge in [-0.05, 0) is 30.4 Å². The third-order valence-corrected chi connectivity index (χ3v) is 6.51. The molecule has 0 radical (unpaired) electrons. The van der Waals surface area contributed by atoms with Crippen molar-refractivity contribution in [2.75, 3.05) is 18.0 Å². The summed E-state index contributed by atoms with van der Waals surface area (Å²) in [5.41, 5.74) is 13.9. The first-order chi connectivity index (χ1) is 15.5. The number of nitrogens with two attached hydrogens (primary N) is 2. The SMILES string of the molecule is CC.CCc1c(C#N)c(SC(C(N)=O)c2ccccc2)nc(N2CCC(N)CC2)c1C#N. The van der Waals surface area contributed by atoms with Crippen molar-refractivity contribution in [3.63, 3.8) is 0 Å². The first kappa shape index (κ1) is 25.2. The number of pyridine rings is 1. The predicted molar refractivity (Wildman–Crippen MR) is 128 cm³/mol. The summed E-state index contributed by atoms with van der Waals surface area (Å²) in [5.74, 6) is 0.0452. The van der Waals surface area contributed by atoms with Crippen LogP contribution in [-0.2, 0) is 11.2 Å². The molecule has 3 rings (SSSR count). The van der Waals surface area contributed by atoms with Gasteiger partial charge in [0.25, 0.3) is 0 Å². The second-order valence-corrected chi connectivity index (χ2v) is 8.28. The van der Waals surface area contributed by atoms with E-state index >= 15 is 0 Å². The van der Waals surface area contributed by atoms with E-state index in [0.29, 0.717) is 47.0 Å². The molecule has 8 heteroatoms. The molecule has 32 heavy (non-hydrogen) atoms. The lowest BCUT2D eigenvalue weighted by atomic mass is 10.00. The second-order valence-electron chi connectivity index (χ2n) is 7.18. The smallest absolute Gasteiger partial charge is 0.235 e. The fraction of sp³-hybridized carbons (Fsp3) is 0.417. The van der Waals surface area contributed by atoms with Gasteiger partial charge < -0.3 is 16.4 Å². The molecule has 1 aliphatic rings. The Labute approximate surface area is 194 Å². The van der Waals surface area contributed by atoms with Crippen LogP contribution < -0.4 is 16.4 Å². The molecule has 7 nitrogen and oxygen atoms in total. The summed E-state index contributed by atoms with van der Waals surface area (Å²) in [6.45, 7) is 7.30. The minimum atomic E-state index is -0.689. The molecule has 0 aliphatic carbocycles. The molecule has 1 fully saturated rings. The number of nitriles is 2. The molecule has 0 bridgehead atoms. The average Bonchev–Trinajstić information content (AvgIpc) is 2.83. The van der Waals surface area contributed by atoms with Crippen LogP contribution in [0.2, 0.25) is 0 Å². The van der Waals surface area contributed by atoms with Gasteiger partial charge in [0.1, 0.15) is 28.2 Å². The van der Waals surface area contributed by atoms with Gasteiger partial charge in [0.05, 0.1) is 11.1 Å². The van der Waals surface area contributed by atoms with E-state index in [4.69, 9.17) is 16.5 Å². The number of amides is 1. The van der Waals surface area contributed by atoms with Crippen molar-refractivity contribution in [1.82, 2.24) is 4.98 Å². The van der Waals surface area contributed by atoms with Crippen LogP contribution in [0.5, 0.6) is 0 Å². The molecular weight excluding hydrogens is 420 g/mol. The maximum absolute atomic E-state index is 12.2. The standard InChI is InChI=1S/C22H24N6OS.C2H6/c1-2-16-17(12-23)21(28-10-8-15(25)9-11-28)27-22(18(16)13-24)30-19(20(26)29)14-6-4-3-5-7-14;1-2/h3-7,15,19H,2,8-11,25H2,1H3,(H2,26,29);1-2H3. The molecule has 1 amide bonds. The van der Waals surface area contributed by atoms with Gasteiger partial charge in [-0.15, -0.1) is 0 Å². The van der Waals surface area contributed by atoms with E-state index in [-0.39, 0.29) is 6.04 Å². The molecule has 1 unspecified atom stereocenters. The Morgan fingerprint density at radius 3 is 2.28 bits per heavy atom. The summed E-state index contributed by atoms with van der Waals surface area (Å²) in [6.07, 6.45) is 2.13. The van der Waals surface area contributed by atoms with E-state index in [2.05, 4.69) is 12.1 Å². The molecule has 0 spiro atoms. The average molecular weight is 451 g/mol. The Balaban J connectivity index is 0.00000176. The number of nitrogens with zero attached hydrogens (tertiary/aromatic N) is 4. The van der Waals surface area contributed by atoms with E-state index < -0.39 is 11.2 Å². The van der Waals surface area contributed by atoms with Gasteiger partial charge in [0.2, 0.25) is 5.91 Å². The van der Waals surface area contributed by atoms with Crippen LogP contribution in [0.15, 0.2) is 35.4 Å². The Morgan fingerprint density at radius 2 is 1.78 bits per heavy atom. The van der Waals surface area contributed by atoms with Gasteiger partial charge in [-0.1, -0.05) is 62.9 Å². The lowest BCUT2D eigenvalue weighted by Gasteiger charge is -2.32. The molecule has 168 valence electrons. The monoisotopic (exact) mass is 450 g/mol. The number of hydrogen-bond donors (Lipinski definition) is 2. The van der Waals surface area contributed by atoms with Gasteiger partial charge in [-0.25, -0.2) is 4.98 Å². The summed E-state index contributed by atoms with van der Waals surface area (Å²) in [6, 6.07) is 13.8. The van der Waals surface area contributed by atoms with Crippen LogP contribution in [0.25, 0.3) is 0 Å². The largest absolute Gasteiger partial charge is 0.368 e. The molecule has 2 heterocycles. The molecule has 1 aromatic carbocycles. The van der Waals surface area contributed by atoms with Crippen molar-refractivity contribution in [1.29, 1.82) is 10.5 Å². The number of carbonyl (C=O) groups excluding carboxylic acids is 1. The number of thioether (sulfide) groups is 1. The van der Waals surface area contributed by atoms with Crippen molar-refractivity contribution in [3.8, 4) is 12.1 Å². The molecule has 0 saturated carbocycles. The summed E-state index contributed by atoms with van der Waals surface area (Å²) >= 11 is 1.16. The zero-order valence-electron chi connectivity index (χ0n) is 18.8. The minimum Gasteiger partial charge on any atom is -0.368 e. The maximum atomic E-state index is 12.2. The van der Waals surface area contributed by atoms with E-state index in [9.17, 15) is 15.3 Å². The molecule has 2 aromatic rings. The number of anilines is 1. The fourth-order valence-corrected chi connectivity index (χ4v) is 4.70. The summed E-state index contributed by atoms with van der Waals surface area (Å²) in [4.78, 5) is 19.0. The van der Waals surface area contributed by atoms with E-state index in [1.54, 1.807) is 0 Å². The number of carbonyl (C=O) groups is 1. The van der Waals surface area contributed by atoms with Gasteiger partial charge >= 0.3 is 0 Å². The van der Waals surface area contributed by atoms with Crippen LogP contribution in [0.1, 0.15) is 61.1 Å². The lowest BCUT2D eigenvalue weighted by Crippen LogP contribution is -2.40. The first-order valence-electron chi connectivity index (χ1n) is 10.9. The number of benzene rings is 1. The third kappa shape index (κ3) is 5.59. The number of rotatable bonds is 6. The normalized spacial score (nSPS) is 14.5. The zero-order valence-corrected chi connectivity index (χ0v) is 19.7. The molecule has 1 aromatic heterocycles. The van der Waals surface area contributed by atoms with E-state index in [0.717, 1.165) is 30.2 Å². The van der Waals surface area contributed by atoms with Crippen LogP contribution in [0.4, 0.5) is 5.82 Å². The molecule has 1 atom stereocenters. The third-order valence-electron chi connectivity index (χ3n) is 5.25. The van der Waals surface area contributed by atoms with Crippen LogP contribution in [0.3, 0.4) is 0 Å². The van der Waals surface area contributed by atoms with Gasteiger partial charge in [-0.3, -0.25) is 4.79 Å². The fourth-order valence-electron chi connectivity index (χ4n) is 3.64. The van der Waals surface area contributed by atoms with E-state index in [1.807, 2.05) is 56.0 Å². The molecule has 1 saturated heterocycles. The zero-order chi connectivity index (χ0) is 23.7. The topological polar surface area (TPSA) is 133 Å². The summed E-state index contributed by atoms with van der Waals surface area (Å²) in [7, 11) is 0. The maximum Gasteiger partial charge on any atom is 0.235 e. The van der Waals surface area contributed by atoms with Crippen molar-refractivity contribution < 1.29 is 4.79 Å². The quantitative estimate of drug-likeness (QED) is 0.642. The summed E-state index contributed by atoms with van der Waals surface area (Å²) < 4.78 is 0. The molecule has 4 N–H and O–H groups in total. The van der Waals surface area contributed by atoms with Crippen molar-refractivity contribution in [2.24, 2.45) is 11.5 Å². The lowest BCUT2D eigenvalue weighted by molar-refractivity contribution is -0.117. The molecular formula is C24H30N6OS. The van der Waals surface area contributed by atoms with Crippen molar-refractivity contribution in [2.45, 2.75) is 56.4 Å². The van der Waals surface area contributed by atoms with Crippen LogP contribution in [-0.4, -0.2) is 30.0 Å². The highest BCUT2D eigenvalue weighted by molar-refractivity contribution is 8.00. The number of aromatic nitrogens is 1. The van der Waals surface area contributed by atoms with E-state index in [1.165, 1.54) is 0 Å². The minimum absolute atomic E-state index is 0.141. The van der Waals surface area contributed by atoms with Gasteiger partial charge in [-0.2, -0.15) is 10.5 Å². The van der Waals surface area contributed by atoms with Crippen LogP contribution >= 0.6 is 11.8 Å². The Morgan fingerprint density at radius 1 is 1.19 bits per heavy atom. The number of piperidine rings is 1. The summed E-state index contributed by atoms with van der Waals surface area (Å²) in [5, 5.41) is 19.4. The van der Waals surface area contributed by atoms with Gasteiger partial charge in [0.15, 0.2) is 0 Å². The highest BCUT2D eigenvalue weighted by Gasteiger charge is 2.28. The number of hydrogen-bond acceptors (Lipinski definition) is 7. The molecule has 1 aliphatic heterocycles. The number of primary amides is 1. The van der Waals surface area contributed by atoms with Crippen LogP contribution in [0, 0.1) is 22.7 Å². The van der Waals surface area contributed by atoms with Crippen molar-refractivity contribution in [3.05, 3.63) is 52.6 Å². The second kappa shape index (κ2) is 12.1. The highest BCUT2D eigenvalue weighted by atomic mass is 32.2. The Bertz CT molecular complexity index is 1000. The Kier molecular flexibility index (Phi) is 9.52. The van der Waals surface area contributed by atoms with Gasteiger partial charge in [0, 0.05) is 19.1 Å². The highest BCUT2D eigenvalue weighted by Crippen LogP contribution is 2.39. The van der Waals surface area contributed by atoms with Crippen molar-refractivity contribution >= 4 is 23.5 Å². The predicted octanol–water partition coefficient (Wildman–Crippen LogP) is 3.66.